The van der Waals surface area contributed by atoms with E-state index in [1.165, 1.54) is 6.07 Å². The number of aliphatic hydroxyl groups is 2. The van der Waals surface area contributed by atoms with Gasteiger partial charge < -0.3 is 36.0 Å². The average Bonchev–Trinajstić information content (AvgIpc) is 3.07. The molecule has 0 aromatic heterocycles. The number of nitrogens with one attached hydrogen (secondary N) is 3. The lowest BCUT2D eigenvalue weighted by Gasteiger charge is -2.18. The third kappa shape index (κ3) is 9.90. The van der Waals surface area contributed by atoms with Crippen LogP contribution in [0.1, 0.15) is 56.8 Å². The molecule has 0 unspecified atom stereocenters. The molecule has 2 amide bonds. The second-order valence-electron chi connectivity index (χ2n) is 11.3. The van der Waals surface area contributed by atoms with Crippen molar-refractivity contribution in [2.24, 2.45) is 0 Å². The zero-order valence-corrected chi connectivity index (χ0v) is 26.3. The minimum absolute atomic E-state index is 0.000622. The van der Waals surface area contributed by atoms with E-state index in [2.05, 4.69) is 16.0 Å². The van der Waals surface area contributed by atoms with Crippen molar-refractivity contribution in [2.75, 3.05) is 20.2 Å². The van der Waals surface area contributed by atoms with E-state index >= 15 is 0 Å². The molecule has 0 fully saturated rings. The Hall–Kier alpha value is -4.70. The lowest BCUT2D eigenvalue weighted by molar-refractivity contribution is -0.120. The van der Waals surface area contributed by atoms with Gasteiger partial charge in [-0.3, -0.25) is 9.59 Å². The van der Waals surface area contributed by atoms with Crippen molar-refractivity contribution in [1.29, 1.82) is 0 Å². The summed E-state index contributed by atoms with van der Waals surface area (Å²) >= 11 is 0. The fraction of sp³-hybridized carbons (Fsp3) is 0.297. The molecule has 46 heavy (non-hydrogen) atoms. The highest BCUT2D eigenvalue weighted by molar-refractivity contribution is 5.94. The van der Waals surface area contributed by atoms with Crippen LogP contribution in [0, 0.1) is 0 Å². The molecule has 0 heterocycles. The maximum Gasteiger partial charge on any atom is 0.251 e. The van der Waals surface area contributed by atoms with Gasteiger partial charge in [-0.05, 0) is 72.4 Å². The number of hydrogen-bond acceptors (Lipinski definition) is 7. The highest BCUT2D eigenvalue weighted by Gasteiger charge is 2.14. The summed E-state index contributed by atoms with van der Waals surface area (Å²) < 4.78 is 5.58. The van der Waals surface area contributed by atoms with Crippen LogP contribution >= 0.6 is 0 Å². The topological polar surface area (TPSA) is 140 Å². The smallest absolute Gasteiger partial charge is 0.251 e. The normalized spacial score (nSPS) is 12.3. The van der Waals surface area contributed by atoms with E-state index in [0.29, 0.717) is 54.9 Å². The Labute approximate surface area is 270 Å². The third-order valence-corrected chi connectivity index (χ3v) is 7.84. The molecule has 0 bridgehead atoms. The van der Waals surface area contributed by atoms with Crippen LogP contribution in [0.5, 0.6) is 11.5 Å². The van der Waals surface area contributed by atoms with Crippen molar-refractivity contribution in [3.63, 3.8) is 0 Å². The molecule has 9 heteroatoms. The molecule has 4 aromatic rings. The molecule has 4 rings (SSSR count). The first kappa shape index (κ1) is 34.2. The van der Waals surface area contributed by atoms with Crippen LogP contribution in [0.4, 0.5) is 0 Å². The molecule has 2 atom stereocenters. The third-order valence-electron chi connectivity index (χ3n) is 7.84. The molecule has 0 aliphatic carbocycles. The standard InChI is InChI=1S/C37H43N3O6/c1-25(39-23-34(43)30-14-15-33(42)31(21-30)24-41)18-26-8-6-9-27(19-26)20-36(44)40-22-32-28(12-7-13-35(32)46-2)16-17-38-37(45)29-10-4-3-5-11-29/h3-15,19,21,25,34,39,41-43H,16-18,20,22-24H2,1-2H3,(H,38,45)(H,40,44)/t25-,34+/m1/s1. The quantitative estimate of drug-likeness (QED) is 0.111. The van der Waals surface area contributed by atoms with Crippen LogP contribution in [0.2, 0.25) is 0 Å². The lowest BCUT2D eigenvalue weighted by Crippen LogP contribution is -2.32. The minimum Gasteiger partial charge on any atom is -0.508 e. The maximum atomic E-state index is 13.0. The van der Waals surface area contributed by atoms with Gasteiger partial charge in [0.05, 0.1) is 26.2 Å². The van der Waals surface area contributed by atoms with Crippen LogP contribution in [-0.2, 0) is 37.2 Å². The summed E-state index contributed by atoms with van der Waals surface area (Å²) in [5.41, 5.74) is 5.42. The summed E-state index contributed by atoms with van der Waals surface area (Å²) in [5, 5.41) is 39.0. The number of methoxy groups -OCH3 is 1. The van der Waals surface area contributed by atoms with E-state index in [4.69, 9.17) is 4.74 Å². The summed E-state index contributed by atoms with van der Waals surface area (Å²) in [6.07, 6.45) is 0.718. The Bertz CT molecular complexity index is 1590. The van der Waals surface area contributed by atoms with Crippen LogP contribution in [0.15, 0.2) is 91.0 Å². The van der Waals surface area contributed by atoms with Crippen molar-refractivity contribution >= 4 is 11.8 Å². The van der Waals surface area contributed by atoms with Crippen LogP contribution < -0.4 is 20.7 Å². The van der Waals surface area contributed by atoms with Gasteiger partial charge in [-0.15, -0.1) is 0 Å². The van der Waals surface area contributed by atoms with E-state index in [9.17, 15) is 24.9 Å². The predicted molar refractivity (Wildman–Crippen MR) is 178 cm³/mol. The fourth-order valence-electron chi connectivity index (χ4n) is 5.34. The van der Waals surface area contributed by atoms with Crippen LogP contribution in [-0.4, -0.2) is 53.4 Å². The highest BCUT2D eigenvalue weighted by Crippen LogP contribution is 2.24. The lowest BCUT2D eigenvalue weighted by atomic mass is 10.0. The largest absolute Gasteiger partial charge is 0.508 e. The van der Waals surface area contributed by atoms with Gasteiger partial charge >= 0.3 is 0 Å². The highest BCUT2D eigenvalue weighted by atomic mass is 16.5. The molecule has 4 aromatic carbocycles. The van der Waals surface area contributed by atoms with Crippen molar-refractivity contribution < 1.29 is 29.6 Å². The Morgan fingerprint density at radius 1 is 0.870 bits per heavy atom. The molecular weight excluding hydrogens is 582 g/mol. The van der Waals surface area contributed by atoms with E-state index < -0.39 is 6.10 Å². The summed E-state index contributed by atoms with van der Waals surface area (Å²) in [7, 11) is 1.60. The molecule has 0 saturated heterocycles. The molecule has 9 nitrogen and oxygen atoms in total. The summed E-state index contributed by atoms with van der Waals surface area (Å²) in [4.78, 5) is 25.4. The average molecular weight is 626 g/mol. The van der Waals surface area contributed by atoms with E-state index in [1.54, 1.807) is 31.4 Å². The van der Waals surface area contributed by atoms with Crippen molar-refractivity contribution in [1.82, 2.24) is 16.0 Å². The van der Waals surface area contributed by atoms with Gasteiger partial charge in [-0.2, -0.15) is 0 Å². The molecular formula is C37H43N3O6. The van der Waals surface area contributed by atoms with E-state index in [0.717, 1.165) is 22.3 Å². The van der Waals surface area contributed by atoms with Gasteiger partial charge in [0.25, 0.3) is 5.91 Å². The monoisotopic (exact) mass is 625 g/mol. The zero-order chi connectivity index (χ0) is 32.9. The number of benzene rings is 4. The first-order valence-electron chi connectivity index (χ1n) is 15.4. The SMILES string of the molecule is COc1cccc(CCNC(=O)c2ccccc2)c1CNC(=O)Cc1cccc(C[C@@H](C)NC[C@H](O)c2ccc(O)c(CO)c2)c1. The van der Waals surface area contributed by atoms with Crippen LogP contribution in [0.3, 0.4) is 0 Å². The summed E-state index contributed by atoms with van der Waals surface area (Å²) in [6.45, 7) is 2.78. The van der Waals surface area contributed by atoms with E-state index in [1.807, 2.05) is 67.6 Å². The minimum atomic E-state index is -0.792. The number of carbonyl (C=O) groups excluding carboxylic acids is 2. The molecule has 242 valence electrons. The molecule has 0 aliphatic heterocycles. The summed E-state index contributed by atoms with van der Waals surface area (Å²) in [5.74, 6) is 0.436. The Balaban J connectivity index is 1.27. The second-order valence-corrected chi connectivity index (χ2v) is 11.3. The number of rotatable bonds is 16. The molecule has 0 radical (unpaired) electrons. The molecule has 0 spiro atoms. The number of aliphatic hydroxyl groups excluding tert-OH is 2. The number of amides is 2. The van der Waals surface area contributed by atoms with Gasteiger partial charge in [-0.25, -0.2) is 0 Å². The number of phenols is 1. The van der Waals surface area contributed by atoms with Gasteiger partial charge in [-0.1, -0.05) is 60.7 Å². The number of hydrogen-bond donors (Lipinski definition) is 6. The van der Waals surface area contributed by atoms with Crippen molar-refractivity contribution in [3.8, 4) is 11.5 Å². The number of ether oxygens (including phenoxy) is 1. The van der Waals surface area contributed by atoms with Crippen molar-refractivity contribution in [2.45, 2.75) is 51.5 Å². The molecule has 0 aliphatic rings. The number of carbonyl (C=O) groups is 2. The first-order chi connectivity index (χ1) is 22.3. The van der Waals surface area contributed by atoms with Gasteiger partial charge in [0.2, 0.25) is 5.91 Å². The second kappa shape index (κ2) is 17.1. The Morgan fingerprint density at radius 2 is 1.63 bits per heavy atom. The predicted octanol–water partition coefficient (Wildman–Crippen LogP) is 3.98. The van der Waals surface area contributed by atoms with E-state index in [-0.39, 0.29) is 36.6 Å². The molecule has 6 N–H and O–H groups in total. The Morgan fingerprint density at radius 3 is 2.39 bits per heavy atom. The van der Waals surface area contributed by atoms with Gasteiger partial charge in [0.1, 0.15) is 11.5 Å². The molecule has 0 saturated carbocycles. The first-order valence-corrected chi connectivity index (χ1v) is 15.4. The summed E-state index contributed by atoms with van der Waals surface area (Å²) in [6, 6.07) is 27.5. The maximum absolute atomic E-state index is 13.0. The van der Waals surface area contributed by atoms with Crippen molar-refractivity contribution in [3.05, 3.63) is 130 Å². The van der Waals surface area contributed by atoms with Gasteiger partial charge in [0, 0.05) is 42.4 Å². The van der Waals surface area contributed by atoms with Gasteiger partial charge in [0.15, 0.2) is 0 Å². The number of aromatic hydroxyl groups is 1. The zero-order valence-electron chi connectivity index (χ0n) is 26.3. The Kier molecular flexibility index (Phi) is 12.7. The fourth-order valence-corrected chi connectivity index (χ4v) is 5.34. The van der Waals surface area contributed by atoms with Crippen LogP contribution in [0.25, 0.3) is 0 Å².